The predicted octanol–water partition coefficient (Wildman–Crippen LogP) is 7.94. The maximum Gasteiger partial charge on any atom is 0.201 e. The lowest BCUT2D eigenvalue weighted by Crippen LogP contribution is -2.20. The van der Waals surface area contributed by atoms with Crippen molar-refractivity contribution in [3.63, 3.8) is 0 Å². The van der Waals surface area contributed by atoms with Crippen LogP contribution in [0.1, 0.15) is 65.2 Å². The van der Waals surface area contributed by atoms with E-state index in [1.165, 1.54) is 62.8 Å². The fraction of sp³-hybridized carbons (Fsp3) is 0.538. The van der Waals surface area contributed by atoms with E-state index >= 15 is 0 Å². The molecule has 2 nitrogen and oxygen atoms in total. The first kappa shape index (κ1) is 23.5. The van der Waals surface area contributed by atoms with Gasteiger partial charge in [0.2, 0.25) is 5.82 Å². The number of rotatable bonds is 10. The van der Waals surface area contributed by atoms with Crippen molar-refractivity contribution < 1.29 is 22.6 Å². The van der Waals surface area contributed by atoms with E-state index in [4.69, 9.17) is 9.47 Å². The third kappa shape index (κ3) is 6.18. The summed E-state index contributed by atoms with van der Waals surface area (Å²) >= 11 is 0. The van der Waals surface area contributed by atoms with Crippen LogP contribution < -0.4 is 9.47 Å². The number of unbranched alkanes of at least 4 members (excludes halogenated alkanes) is 2. The van der Waals surface area contributed by atoms with Gasteiger partial charge in [-0.15, -0.1) is 0 Å². The van der Waals surface area contributed by atoms with Gasteiger partial charge in [0.15, 0.2) is 23.1 Å². The molecule has 0 aliphatic heterocycles. The van der Waals surface area contributed by atoms with E-state index < -0.39 is 17.5 Å². The molecule has 0 heterocycles. The number of benzene rings is 2. The molecule has 1 aliphatic rings. The van der Waals surface area contributed by atoms with E-state index in [-0.39, 0.29) is 29.2 Å². The Labute approximate surface area is 183 Å². The van der Waals surface area contributed by atoms with Crippen LogP contribution in [0.2, 0.25) is 0 Å². The Morgan fingerprint density at radius 1 is 0.806 bits per heavy atom. The van der Waals surface area contributed by atoms with Gasteiger partial charge in [0.05, 0.1) is 13.2 Å². The zero-order chi connectivity index (χ0) is 22.2. The van der Waals surface area contributed by atoms with E-state index in [0.29, 0.717) is 12.5 Å². The molecule has 0 aromatic heterocycles. The zero-order valence-corrected chi connectivity index (χ0v) is 18.6. The van der Waals surface area contributed by atoms with Crippen molar-refractivity contribution in [3.05, 3.63) is 47.8 Å². The van der Waals surface area contributed by atoms with Gasteiger partial charge in [0.1, 0.15) is 0 Å². The number of hydrogen-bond acceptors (Lipinski definition) is 2. The Kier molecular flexibility index (Phi) is 8.68. The molecular formula is C26H33F3O2. The normalized spacial score (nSPS) is 18.7. The van der Waals surface area contributed by atoms with Crippen LogP contribution in [0.4, 0.5) is 13.2 Å². The standard InChI is InChI=1S/C26H33F3O2/c1-3-5-6-7-18-8-10-19(11-9-18)17-31-23-14-12-20(16-22(23)27)21-13-15-24(30-4-2)26(29)25(21)28/h12-16,18-19H,3-11,17H2,1-2H3. The van der Waals surface area contributed by atoms with Gasteiger partial charge in [0.25, 0.3) is 0 Å². The minimum Gasteiger partial charge on any atom is -0.491 e. The second-order valence-corrected chi connectivity index (χ2v) is 8.51. The summed E-state index contributed by atoms with van der Waals surface area (Å²) < 4.78 is 53.9. The Morgan fingerprint density at radius 3 is 2.19 bits per heavy atom. The van der Waals surface area contributed by atoms with Gasteiger partial charge in [-0.1, -0.05) is 51.5 Å². The fourth-order valence-electron chi connectivity index (χ4n) is 4.38. The molecule has 2 aromatic rings. The summed E-state index contributed by atoms with van der Waals surface area (Å²) in [4.78, 5) is 0. The summed E-state index contributed by atoms with van der Waals surface area (Å²) in [6.45, 7) is 4.65. The highest BCUT2D eigenvalue weighted by Crippen LogP contribution is 2.34. The molecule has 170 valence electrons. The Morgan fingerprint density at radius 2 is 1.52 bits per heavy atom. The minimum absolute atomic E-state index is 0.00667. The highest BCUT2D eigenvalue weighted by molar-refractivity contribution is 5.66. The van der Waals surface area contributed by atoms with Crippen LogP contribution in [0.25, 0.3) is 11.1 Å². The monoisotopic (exact) mass is 434 g/mol. The van der Waals surface area contributed by atoms with E-state index in [1.807, 2.05) is 0 Å². The Hall–Kier alpha value is -2.17. The molecular weight excluding hydrogens is 401 g/mol. The van der Waals surface area contributed by atoms with Gasteiger partial charge in [-0.05, 0) is 61.4 Å². The lowest BCUT2D eigenvalue weighted by atomic mass is 9.80. The number of ether oxygens (including phenoxy) is 2. The summed E-state index contributed by atoms with van der Waals surface area (Å²) in [6.07, 6.45) is 9.89. The highest BCUT2D eigenvalue weighted by atomic mass is 19.2. The molecule has 0 bridgehead atoms. The summed E-state index contributed by atoms with van der Waals surface area (Å²) in [5.41, 5.74) is 0.254. The minimum atomic E-state index is -1.06. The summed E-state index contributed by atoms with van der Waals surface area (Å²) in [7, 11) is 0. The van der Waals surface area contributed by atoms with Crippen molar-refractivity contribution in [1.82, 2.24) is 0 Å². The molecule has 0 amide bonds. The van der Waals surface area contributed by atoms with Crippen LogP contribution in [0.5, 0.6) is 11.5 Å². The fourth-order valence-corrected chi connectivity index (χ4v) is 4.38. The zero-order valence-electron chi connectivity index (χ0n) is 18.6. The van der Waals surface area contributed by atoms with Crippen molar-refractivity contribution in [2.75, 3.05) is 13.2 Å². The van der Waals surface area contributed by atoms with E-state index in [1.54, 1.807) is 13.0 Å². The second kappa shape index (κ2) is 11.4. The predicted molar refractivity (Wildman–Crippen MR) is 118 cm³/mol. The molecule has 1 saturated carbocycles. The molecule has 1 fully saturated rings. The second-order valence-electron chi connectivity index (χ2n) is 8.51. The van der Waals surface area contributed by atoms with E-state index in [0.717, 1.165) is 18.8 Å². The largest absolute Gasteiger partial charge is 0.491 e. The topological polar surface area (TPSA) is 18.5 Å². The summed E-state index contributed by atoms with van der Waals surface area (Å²) in [6, 6.07) is 7.00. The lowest BCUT2D eigenvalue weighted by Gasteiger charge is -2.28. The molecule has 2 aromatic carbocycles. The molecule has 0 atom stereocenters. The molecule has 0 radical (unpaired) electrons. The van der Waals surface area contributed by atoms with Gasteiger partial charge in [0, 0.05) is 5.56 Å². The summed E-state index contributed by atoms with van der Waals surface area (Å²) in [5, 5.41) is 0. The molecule has 0 N–H and O–H groups in total. The third-order valence-electron chi connectivity index (χ3n) is 6.25. The molecule has 31 heavy (non-hydrogen) atoms. The number of halogens is 3. The first-order valence-electron chi connectivity index (χ1n) is 11.6. The summed E-state index contributed by atoms with van der Waals surface area (Å²) in [5.74, 6) is -1.41. The van der Waals surface area contributed by atoms with Crippen molar-refractivity contribution in [1.29, 1.82) is 0 Å². The SMILES string of the molecule is CCCCCC1CCC(COc2ccc(-c3ccc(OCC)c(F)c3F)cc2F)CC1. The first-order chi connectivity index (χ1) is 15.0. The molecule has 0 saturated heterocycles. The van der Waals surface area contributed by atoms with Crippen molar-refractivity contribution in [3.8, 4) is 22.6 Å². The quantitative estimate of drug-likeness (QED) is 0.353. The number of hydrogen-bond donors (Lipinski definition) is 0. The lowest BCUT2D eigenvalue weighted by molar-refractivity contribution is 0.173. The molecule has 1 aliphatic carbocycles. The van der Waals surface area contributed by atoms with Crippen molar-refractivity contribution in [2.24, 2.45) is 11.8 Å². The molecule has 0 spiro atoms. The van der Waals surface area contributed by atoms with Gasteiger partial charge in [-0.2, -0.15) is 4.39 Å². The van der Waals surface area contributed by atoms with Gasteiger partial charge in [-0.25, -0.2) is 8.78 Å². The highest BCUT2D eigenvalue weighted by Gasteiger charge is 2.22. The average Bonchev–Trinajstić information content (AvgIpc) is 2.77. The first-order valence-corrected chi connectivity index (χ1v) is 11.6. The van der Waals surface area contributed by atoms with Crippen LogP contribution in [-0.2, 0) is 0 Å². The van der Waals surface area contributed by atoms with Crippen molar-refractivity contribution >= 4 is 0 Å². The molecule has 0 unspecified atom stereocenters. The van der Waals surface area contributed by atoms with E-state index in [9.17, 15) is 13.2 Å². The van der Waals surface area contributed by atoms with E-state index in [2.05, 4.69) is 6.92 Å². The maximum atomic E-state index is 14.6. The van der Waals surface area contributed by atoms with Crippen molar-refractivity contribution in [2.45, 2.75) is 65.2 Å². The molecule has 3 rings (SSSR count). The van der Waals surface area contributed by atoms with Crippen LogP contribution in [-0.4, -0.2) is 13.2 Å². The average molecular weight is 435 g/mol. The van der Waals surface area contributed by atoms with Gasteiger partial charge in [-0.3, -0.25) is 0 Å². The third-order valence-corrected chi connectivity index (χ3v) is 6.25. The smallest absolute Gasteiger partial charge is 0.201 e. The van der Waals surface area contributed by atoms with Crippen LogP contribution in [0.3, 0.4) is 0 Å². The molecule has 5 heteroatoms. The van der Waals surface area contributed by atoms with Gasteiger partial charge < -0.3 is 9.47 Å². The Bertz CT molecular complexity index is 845. The van der Waals surface area contributed by atoms with Crippen LogP contribution in [0.15, 0.2) is 30.3 Å². The van der Waals surface area contributed by atoms with Crippen LogP contribution in [0, 0.1) is 29.3 Å². The Balaban J connectivity index is 1.57. The van der Waals surface area contributed by atoms with Gasteiger partial charge >= 0.3 is 0 Å². The maximum absolute atomic E-state index is 14.6. The van der Waals surface area contributed by atoms with Crippen LogP contribution >= 0.6 is 0 Å².